The van der Waals surface area contributed by atoms with Crippen molar-refractivity contribution in [2.75, 3.05) is 23.7 Å². The van der Waals surface area contributed by atoms with E-state index in [9.17, 15) is 0 Å². The number of hydrogen-bond donors (Lipinski definition) is 1. The Bertz CT molecular complexity index is 691. The Labute approximate surface area is 136 Å². The van der Waals surface area contributed by atoms with Gasteiger partial charge in [-0.25, -0.2) is 9.97 Å². The summed E-state index contributed by atoms with van der Waals surface area (Å²) >= 11 is 0. The molecule has 0 atom stereocenters. The summed E-state index contributed by atoms with van der Waals surface area (Å²) in [7, 11) is 0. The number of aryl methyl sites for hydroxylation is 1. The molecule has 0 amide bonds. The van der Waals surface area contributed by atoms with Gasteiger partial charge in [0.25, 0.3) is 0 Å². The molecular formula is C17H24N6. The molecule has 1 aliphatic heterocycles. The monoisotopic (exact) mass is 312 g/mol. The first-order chi connectivity index (χ1) is 11.2. The summed E-state index contributed by atoms with van der Waals surface area (Å²) in [5.74, 6) is 2.33. The largest absolute Gasteiger partial charge is 0.384 e. The Balaban J connectivity index is 1.54. The van der Waals surface area contributed by atoms with Crippen LogP contribution in [0.3, 0.4) is 0 Å². The van der Waals surface area contributed by atoms with E-state index in [0.717, 1.165) is 30.4 Å². The van der Waals surface area contributed by atoms with Crippen molar-refractivity contribution in [3.8, 4) is 5.82 Å². The van der Waals surface area contributed by atoms with Crippen LogP contribution in [0.25, 0.3) is 5.82 Å². The van der Waals surface area contributed by atoms with Gasteiger partial charge in [0.05, 0.1) is 5.69 Å². The molecule has 6 nitrogen and oxygen atoms in total. The van der Waals surface area contributed by atoms with Crippen molar-refractivity contribution in [1.82, 2.24) is 19.7 Å². The zero-order chi connectivity index (χ0) is 15.9. The van der Waals surface area contributed by atoms with Crippen molar-refractivity contribution in [2.45, 2.75) is 45.4 Å². The first-order valence-electron chi connectivity index (χ1n) is 8.55. The second kappa shape index (κ2) is 5.51. The molecule has 0 unspecified atom stereocenters. The van der Waals surface area contributed by atoms with Gasteiger partial charge in [0.15, 0.2) is 5.82 Å². The lowest BCUT2D eigenvalue weighted by Gasteiger charge is -2.39. The molecule has 1 aliphatic carbocycles. The Kier molecular flexibility index (Phi) is 3.47. The van der Waals surface area contributed by atoms with Gasteiger partial charge in [0.1, 0.15) is 18.0 Å². The van der Waals surface area contributed by atoms with E-state index in [1.54, 1.807) is 11.0 Å². The minimum atomic E-state index is 0.607. The Morgan fingerprint density at radius 2 is 1.70 bits per heavy atom. The van der Waals surface area contributed by atoms with Crippen molar-refractivity contribution in [2.24, 2.45) is 5.41 Å². The van der Waals surface area contributed by atoms with Crippen LogP contribution in [-0.2, 0) is 0 Å². The molecule has 1 spiro atoms. The van der Waals surface area contributed by atoms with Crippen LogP contribution in [-0.4, -0.2) is 32.8 Å². The fourth-order valence-corrected chi connectivity index (χ4v) is 4.16. The molecule has 1 saturated heterocycles. The summed E-state index contributed by atoms with van der Waals surface area (Å²) in [6, 6.07) is 3.85. The molecule has 3 heterocycles. The molecule has 0 bridgehead atoms. The van der Waals surface area contributed by atoms with Crippen LogP contribution in [0.2, 0.25) is 0 Å². The van der Waals surface area contributed by atoms with Crippen LogP contribution in [0.1, 0.15) is 44.2 Å². The van der Waals surface area contributed by atoms with Crippen molar-refractivity contribution < 1.29 is 0 Å². The maximum Gasteiger partial charge on any atom is 0.161 e. The molecule has 2 fully saturated rings. The van der Waals surface area contributed by atoms with Crippen LogP contribution >= 0.6 is 0 Å². The van der Waals surface area contributed by atoms with Gasteiger partial charge >= 0.3 is 0 Å². The third-order valence-electron chi connectivity index (χ3n) is 5.53. The highest BCUT2D eigenvalue weighted by atomic mass is 15.3. The number of aromatic nitrogens is 4. The molecular weight excluding hydrogens is 288 g/mol. The topological polar surface area (TPSA) is 72.9 Å². The summed E-state index contributed by atoms with van der Waals surface area (Å²) < 4.78 is 1.68. The standard InChI is InChI=1S/C17H24N6/c1-13-10-14(18)23(21-13)16-11-15(19-12-20-16)22-8-6-17(7-9-22)4-2-3-5-17/h10-12H,2-9,18H2,1H3. The van der Waals surface area contributed by atoms with Crippen LogP contribution in [0.4, 0.5) is 11.6 Å². The molecule has 2 N–H and O–H groups in total. The fourth-order valence-electron chi connectivity index (χ4n) is 4.16. The highest BCUT2D eigenvalue weighted by molar-refractivity contribution is 5.47. The molecule has 0 aromatic carbocycles. The zero-order valence-electron chi connectivity index (χ0n) is 13.7. The minimum Gasteiger partial charge on any atom is -0.384 e. The predicted molar refractivity (Wildman–Crippen MR) is 90.7 cm³/mol. The lowest BCUT2D eigenvalue weighted by Crippen LogP contribution is -2.39. The van der Waals surface area contributed by atoms with E-state index < -0.39 is 0 Å². The van der Waals surface area contributed by atoms with Gasteiger partial charge in [-0.1, -0.05) is 12.8 Å². The van der Waals surface area contributed by atoms with Crippen molar-refractivity contribution >= 4 is 11.6 Å². The summed E-state index contributed by atoms with van der Waals surface area (Å²) in [6.07, 6.45) is 9.84. The van der Waals surface area contributed by atoms with Crippen LogP contribution in [0, 0.1) is 12.3 Å². The number of anilines is 2. The quantitative estimate of drug-likeness (QED) is 0.923. The molecule has 1 saturated carbocycles. The zero-order valence-corrected chi connectivity index (χ0v) is 13.7. The van der Waals surface area contributed by atoms with Gasteiger partial charge in [0, 0.05) is 25.2 Å². The van der Waals surface area contributed by atoms with Crippen molar-refractivity contribution in [3.63, 3.8) is 0 Å². The smallest absolute Gasteiger partial charge is 0.161 e. The summed E-state index contributed by atoms with van der Waals surface area (Å²) in [4.78, 5) is 11.2. The van der Waals surface area contributed by atoms with Crippen LogP contribution in [0.15, 0.2) is 18.5 Å². The summed E-state index contributed by atoms with van der Waals surface area (Å²) in [6.45, 7) is 4.11. The molecule has 0 radical (unpaired) electrons. The number of rotatable bonds is 2. The lowest BCUT2D eigenvalue weighted by atomic mass is 9.77. The minimum absolute atomic E-state index is 0.607. The summed E-state index contributed by atoms with van der Waals surface area (Å²) in [5, 5.41) is 4.41. The normalized spacial score (nSPS) is 20.3. The van der Waals surface area contributed by atoms with Crippen molar-refractivity contribution in [3.05, 3.63) is 24.2 Å². The average Bonchev–Trinajstić information content (AvgIpc) is 3.15. The van der Waals surface area contributed by atoms with E-state index in [-0.39, 0.29) is 0 Å². The number of nitrogen functional groups attached to an aromatic ring is 1. The lowest BCUT2D eigenvalue weighted by molar-refractivity contribution is 0.226. The highest BCUT2D eigenvalue weighted by Crippen LogP contribution is 2.46. The van der Waals surface area contributed by atoms with Gasteiger partial charge < -0.3 is 10.6 Å². The second-order valence-electron chi connectivity index (χ2n) is 7.05. The van der Waals surface area contributed by atoms with Gasteiger partial charge in [-0.3, -0.25) is 0 Å². The second-order valence-corrected chi connectivity index (χ2v) is 7.05. The van der Waals surface area contributed by atoms with Crippen LogP contribution < -0.4 is 10.6 Å². The van der Waals surface area contributed by atoms with Gasteiger partial charge in [0.2, 0.25) is 0 Å². The molecule has 122 valence electrons. The Morgan fingerprint density at radius 3 is 2.35 bits per heavy atom. The predicted octanol–water partition coefficient (Wildman–Crippen LogP) is 2.71. The third kappa shape index (κ3) is 2.66. The molecule has 6 heteroatoms. The van der Waals surface area contributed by atoms with Gasteiger partial charge in [-0.05, 0) is 38.0 Å². The number of piperidine rings is 1. The van der Waals surface area contributed by atoms with E-state index in [1.165, 1.54) is 38.5 Å². The Hall–Kier alpha value is -2.11. The van der Waals surface area contributed by atoms with E-state index in [2.05, 4.69) is 20.0 Å². The molecule has 23 heavy (non-hydrogen) atoms. The highest BCUT2D eigenvalue weighted by Gasteiger charge is 2.37. The first kappa shape index (κ1) is 14.5. The molecule has 4 rings (SSSR count). The first-order valence-corrected chi connectivity index (χ1v) is 8.55. The summed E-state index contributed by atoms with van der Waals surface area (Å²) in [5.41, 5.74) is 7.52. The van der Waals surface area contributed by atoms with E-state index in [0.29, 0.717) is 11.2 Å². The Morgan fingerprint density at radius 1 is 1.00 bits per heavy atom. The molecule has 2 aromatic heterocycles. The number of hydrogen-bond acceptors (Lipinski definition) is 5. The maximum absolute atomic E-state index is 6.01. The van der Waals surface area contributed by atoms with E-state index in [1.807, 2.05) is 19.1 Å². The number of nitrogens with two attached hydrogens (primary N) is 1. The van der Waals surface area contributed by atoms with E-state index >= 15 is 0 Å². The number of nitrogens with zero attached hydrogens (tertiary/aromatic N) is 5. The van der Waals surface area contributed by atoms with E-state index in [4.69, 9.17) is 5.73 Å². The molecule has 2 aromatic rings. The molecule has 2 aliphatic rings. The average molecular weight is 312 g/mol. The van der Waals surface area contributed by atoms with Crippen LogP contribution in [0.5, 0.6) is 0 Å². The maximum atomic E-state index is 6.01. The van der Waals surface area contributed by atoms with Gasteiger partial charge in [-0.2, -0.15) is 9.78 Å². The van der Waals surface area contributed by atoms with Gasteiger partial charge in [-0.15, -0.1) is 0 Å². The third-order valence-corrected chi connectivity index (χ3v) is 5.53. The SMILES string of the molecule is Cc1cc(N)n(-c2cc(N3CCC4(CCCC4)CC3)ncn2)n1. The van der Waals surface area contributed by atoms with Crippen molar-refractivity contribution in [1.29, 1.82) is 0 Å². The fraction of sp³-hybridized carbons (Fsp3) is 0.588.